The van der Waals surface area contributed by atoms with Gasteiger partial charge in [-0.15, -0.1) is 0 Å². The number of pyridine rings is 1. The second-order valence-corrected chi connectivity index (χ2v) is 6.94. The molecule has 1 fully saturated rings. The van der Waals surface area contributed by atoms with E-state index in [9.17, 15) is 4.79 Å². The molecule has 1 saturated heterocycles. The van der Waals surface area contributed by atoms with E-state index in [1.807, 2.05) is 36.4 Å². The predicted octanol–water partition coefficient (Wildman–Crippen LogP) is 2.14. The second-order valence-electron chi connectivity index (χ2n) is 6.94. The highest BCUT2D eigenvalue weighted by molar-refractivity contribution is 6.02. The molecule has 140 valence electrons. The van der Waals surface area contributed by atoms with E-state index in [4.69, 9.17) is 4.74 Å². The molecular weight excluding hydrogens is 340 g/mol. The summed E-state index contributed by atoms with van der Waals surface area (Å²) >= 11 is 0. The number of amides is 1. The molecule has 0 spiro atoms. The van der Waals surface area contributed by atoms with Gasteiger partial charge in [0.15, 0.2) is 0 Å². The van der Waals surface area contributed by atoms with Gasteiger partial charge in [-0.05, 0) is 30.0 Å². The fraction of sp³-hybridized carbons (Fsp3) is 0.381. The quantitative estimate of drug-likeness (QED) is 0.852. The molecule has 6 nitrogen and oxygen atoms in total. The number of carbonyl (C=O) groups excluding carboxylic acids is 1. The van der Waals surface area contributed by atoms with Gasteiger partial charge in [-0.3, -0.25) is 14.8 Å². The van der Waals surface area contributed by atoms with Crippen molar-refractivity contribution in [1.82, 2.24) is 15.6 Å². The fourth-order valence-electron chi connectivity index (χ4n) is 3.78. The molecule has 1 aromatic heterocycles. The summed E-state index contributed by atoms with van der Waals surface area (Å²) in [6.07, 6.45) is 4.07. The van der Waals surface area contributed by atoms with Crippen molar-refractivity contribution < 1.29 is 9.53 Å². The van der Waals surface area contributed by atoms with Gasteiger partial charge in [0.2, 0.25) is 5.91 Å². The molecule has 3 heterocycles. The van der Waals surface area contributed by atoms with Crippen molar-refractivity contribution in [3.63, 3.8) is 0 Å². The Hall–Kier alpha value is -2.73. The number of nitrogens with zero attached hydrogens (tertiary/aromatic N) is 2. The first-order valence-corrected chi connectivity index (χ1v) is 9.39. The Kier molecular flexibility index (Phi) is 5.16. The average molecular weight is 364 g/mol. The maximum absolute atomic E-state index is 12.7. The van der Waals surface area contributed by atoms with Crippen molar-refractivity contribution in [3.05, 3.63) is 65.0 Å². The lowest BCUT2D eigenvalue weighted by Crippen LogP contribution is -2.37. The van der Waals surface area contributed by atoms with E-state index in [2.05, 4.69) is 20.6 Å². The topological polar surface area (TPSA) is 75.6 Å². The monoisotopic (exact) mass is 364 g/mol. The van der Waals surface area contributed by atoms with E-state index in [1.165, 1.54) is 0 Å². The Labute approximate surface area is 159 Å². The molecule has 6 heteroatoms. The summed E-state index contributed by atoms with van der Waals surface area (Å²) in [6.45, 7) is 1.48. The van der Waals surface area contributed by atoms with Crippen LogP contribution in [-0.2, 0) is 22.5 Å². The van der Waals surface area contributed by atoms with Crippen molar-refractivity contribution in [1.29, 1.82) is 0 Å². The van der Waals surface area contributed by atoms with Gasteiger partial charge < -0.3 is 15.4 Å². The first-order valence-electron chi connectivity index (χ1n) is 9.39. The Morgan fingerprint density at radius 3 is 3.00 bits per heavy atom. The van der Waals surface area contributed by atoms with Crippen LogP contribution in [0.4, 0.5) is 0 Å². The van der Waals surface area contributed by atoms with Crippen LogP contribution in [0.1, 0.15) is 41.3 Å². The first-order chi connectivity index (χ1) is 13.2. The Balaban J connectivity index is 1.47. The lowest BCUT2D eigenvalue weighted by molar-refractivity contribution is -0.122. The molecule has 0 unspecified atom stereocenters. The number of ether oxygens (including phenoxy) is 1. The van der Waals surface area contributed by atoms with Gasteiger partial charge in [0, 0.05) is 32.0 Å². The van der Waals surface area contributed by atoms with E-state index in [-0.39, 0.29) is 24.5 Å². The highest BCUT2D eigenvalue weighted by Gasteiger charge is 2.29. The Morgan fingerprint density at radius 2 is 2.26 bits per heavy atom. The summed E-state index contributed by atoms with van der Waals surface area (Å²) in [5.74, 6) is 0.818. The van der Waals surface area contributed by atoms with Crippen LogP contribution in [0.25, 0.3) is 0 Å². The molecular formula is C21H24N4O2. The third kappa shape index (κ3) is 3.85. The van der Waals surface area contributed by atoms with E-state index in [0.29, 0.717) is 0 Å². The first kappa shape index (κ1) is 17.7. The minimum atomic E-state index is -0.129. The molecule has 0 saturated carbocycles. The van der Waals surface area contributed by atoms with Crippen molar-refractivity contribution in [2.45, 2.75) is 38.0 Å². The van der Waals surface area contributed by atoms with E-state index < -0.39 is 0 Å². The number of benzene rings is 1. The number of rotatable bonds is 5. The molecule has 0 radical (unpaired) electrons. The zero-order valence-corrected chi connectivity index (χ0v) is 15.4. The standard InChI is InChI=1S/C21H24N4O2/c1-22-21-17-13-23-16(10-15(17)12-24-21)11-19(26)25-20(18-8-5-9-27-18)14-6-3-2-4-7-14/h2-4,6-7,10,13,18,20H,5,8-9,11-12H2,1H3,(H,22,24)(H,25,26)/t18-,20+/m1/s1. The molecule has 2 atom stereocenters. The third-order valence-corrected chi connectivity index (χ3v) is 5.12. The Morgan fingerprint density at radius 1 is 1.41 bits per heavy atom. The highest BCUT2D eigenvalue weighted by Crippen LogP contribution is 2.27. The Bertz CT molecular complexity index is 845. The molecule has 1 aromatic carbocycles. The molecule has 2 aliphatic rings. The fourth-order valence-corrected chi connectivity index (χ4v) is 3.78. The normalized spacial score (nSPS) is 20.9. The van der Waals surface area contributed by atoms with Crippen molar-refractivity contribution in [2.75, 3.05) is 13.7 Å². The molecule has 2 aliphatic heterocycles. The summed E-state index contributed by atoms with van der Waals surface area (Å²) in [5.41, 5.74) is 3.99. The molecule has 0 aliphatic carbocycles. The van der Waals surface area contributed by atoms with Crippen molar-refractivity contribution in [2.24, 2.45) is 4.99 Å². The van der Waals surface area contributed by atoms with Gasteiger partial charge in [-0.25, -0.2) is 0 Å². The molecule has 1 amide bonds. The van der Waals surface area contributed by atoms with Gasteiger partial charge in [0.25, 0.3) is 0 Å². The summed E-state index contributed by atoms with van der Waals surface area (Å²) < 4.78 is 5.85. The largest absolute Gasteiger partial charge is 0.376 e. The number of aromatic nitrogens is 1. The van der Waals surface area contributed by atoms with Gasteiger partial charge in [-0.1, -0.05) is 30.3 Å². The summed E-state index contributed by atoms with van der Waals surface area (Å²) in [5, 5.41) is 6.40. The molecule has 2 aromatic rings. The minimum Gasteiger partial charge on any atom is -0.376 e. The predicted molar refractivity (Wildman–Crippen MR) is 104 cm³/mol. The second kappa shape index (κ2) is 7.88. The van der Waals surface area contributed by atoms with Gasteiger partial charge in [-0.2, -0.15) is 0 Å². The van der Waals surface area contributed by atoms with Gasteiger partial charge in [0.05, 0.1) is 24.3 Å². The van der Waals surface area contributed by atoms with Gasteiger partial charge >= 0.3 is 0 Å². The van der Waals surface area contributed by atoms with E-state index in [0.717, 1.165) is 54.2 Å². The van der Waals surface area contributed by atoms with Crippen LogP contribution in [0, 0.1) is 0 Å². The summed E-state index contributed by atoms with van der Waals surface area (Å²) in [7, 11) is 1.76. The smallest absolute Gasteiger partial charge is 0.226 e. The van der Waals surface area contributed by atoms with Crippen LogP contribution >= 0.6 is 0 Å². The average Bonchev–Trinajstić information content (AvgIpc) is 3.36. The van der Waals surface area contributed by atoms with Gasteiger partial charge in [0.1, 0.15) is 5.84 Å². The van der Waals surface area contributed by atoms with Crippen LogP contribution < -0.4 is 10.6 Å². The molecule has 4 rings (SSSR count). The molecule has 0 bridgehead atoms. The number of fused-ring (bicyclic) bond motifs is 1. The zero-order valence-electron chi connectivity index (χ0n) is 15.4. The maximum Gasteiger partial charge on any atom is 0.226 e. The third-order valence-electron chi connectivity index (χ3n) is 5.12. The van der Waals surface area contributed by atoms with Crippen LogP contribution in [0.2, 0.25) is 0 Å². The SMILES string of the molecule is CN=C1NCc2cc(CC(=O)N[C@@H](c3ccccc3)[C@H]3CCCO3)ncc21. The van der Waals surface area contributed by atoms with Crippen molar-refractivity contribution in [3.8, 4) is 0 Å². The van der Waals surface area contributed by atoms with Crippen LogP contribution in [0.5, 0.6) is 0 Å². The zero-order chi connectivity index (χ0) is 18.6. The molecule has 2 N–H and O–H groups in total. The number of aliphatic imine (C=N–C) groups is 1. The highest BCUT2D eigenvalue weighted by atomic mass is 16.5. The molecule has 27 heavy (non-hydrogen) atoms. The number of hydrogen-bond donors (Lipinski definition) is 2. The van der Waals surface area contributed by atoms with E-state index in [1.54, 1.807) is 13.2 Å². The lowest BCUT2D eigenvalue weighted by Gasteiger charge is -2.24. The van der Waals surface area contributed by atoms with E-state index >= 15 is 0 Å². The van der Waals surface area contributed by atoms with Crippen LogP contribution in [0.15, 0.2) is 47.6 Å². The maximum atomic E-state index is 12.7. The number of amidine groups is 1. The number of nitrogens with one attached hydrogen (secondary N) is 2. The van der Waals surface area contributed by atoms with Crippen LogP contribution in [0.3, 0.4) is 0 Å². The summed E-state index contributed by atoms with van der Waals surface area (Å²) in [6, 6.07) is 11.9. The lowest BCUT2D eigenvalue weighted by atomic mass is 9.99. The van der Waals surface area contributed by atoms with Crippen molar-refractivity contribution >= 4 is 11.7 Å². The number of carbonyl (C=O) groups is 1. The minimum absolute atomic E-state index is 0.0249. The van der Waals surface area contributed by atoms with Crippen LogP contribution in [-0.4, -0.2) is 36.5 Å². The number of hydrogen-bond acceptors (Lipinski definition) is 4. The summed E-state index contributed by atoms with van der Waals surface area (Å²) in [4.78, 5) is 21.4.